The van der Waals surface area contributed by atoms with Gasteiger partial charge in [-0.2, -0.15) is 0 Å². The van der Waals surface area contributed by atoms with E-state index in [1.807, 2.05) is 6.92 Å². The third-order valence-corrected chi connectivity index (χ3v) is 5.13. The van der Waals surface area contributed by atoms with Crippen LogP contribution in [-0.4, -0.2) is 28.9 Å². The van der Waals surface area contributed by atoms with Gasteiger partial charge in [-0.3, -0.25) is 4.57 Å². The molecule has 4 unspecified atom stereocenters. The summed E-state index contributed by atoms with van der Waals surface area (Å²) < 4.78 is 17.5. The smallest absolute Gasteiger partial charge is 0.200 e. The highest BCUT2D eigenvalue weighted by Gasteiger charge is 2.53. The highest BCUT2D eigenvalue weighted by atomic mass is 31.2. The standard InChI is InChI=1S/C11H23O3P/c1-8-9(2)11(5,7-15(6,12)13)14-10(8,3)4/h8-9H,7H2,1-6H3,(H,12,13). The highest BCUT2D eigenvalue weighted by molar-refractivity contribution is 7.57. The maximum atomic E-state index is 11.5. The normalized spacial score (nSPS) is 43.9. The lowest BCUT2D eigenvalue weighted by molar-refractivity contribution is -0.0774. The van der Waals surface area contributed by atoms with E-state index in [0.717, 1.165) is 0 Å². The third-order valence-electron chi connectivity index (χ3n) is 3.91. The molecule has 1 fully saturated rings. The van der Waals surface area contributed by atoms with Crippen LogP contribution in [0.25, 0.3) is 0 Å². The van der Waals surface area contributed by atoms with E-state index in [4.69, 9.17) is 4.74 Å². The minimum atomic E-state index is -3.03. The van der Waals surface area contributed by atoms with Gasteiger partial charge in [0.25, 0.3) is 0 Å². The van der Waals surface area contributed by atoms with Crippen LogP contribution in [-0.2, 0) is 9.30 Å². The molecule has 1 saturated heterocycles. The van der Waals surface area contributed by atoms with Crippen molar-refractivity contribution in [3.05, 3.63) is 0 Å². The molecule has 0 aromatic heterocycles. The zero-order valence-electron chi connectivity index (χ0n) is 10.6. The zero-order chi connectivity index (χ0) is 12.1. The third kappa shape index (κ3) is 2.64. The van der Waals surface area contributed by atoms with Crippen LogP contribution in [0.1, 0.15) is 34.6 Å². The minimum absolute atomic E-state index is 0.205. The molecule has 4 atom stereocenters. The molecule has 0 aromatic rings. The molecular weight excluding hydrogens is 211 g/mol. The van der Waals surface area contributed by atoms with Crippen LogP contribution in [0.4, 0.5) is 0 Å². The summed E-state index contributed by atoms with van der Waals surface area (Å²) in [6, 6.07) is 0. The van der Waals surface area contributed by atoms with Gasteiger partial charge >= 0.3 is 0 Å². The van der Waals surface area contributed by atoms with E-state index >= 15 is 0 Å². The minimum Gasteiger partial charge on any atom is -0.368 e. The number of rotatable bonds is 2. The number of ether oxygens (including phenoxy) is 1. The van der Waals surface area contributed by atoms with Gasteiger partial charge in [-0.15, -0.1) is 0 Å². The van der Waals surface area contributed by atoms with Gasteiger partial charge in [0.2, 0.25) is 7.37 Å². The largest absolute Gasteiger partial charge is 0.368 e. The fourth-order valence-corrected chi connectivity index (χ4v) is 4.19. The maximum Gasteiger partial charge on any atom is 0.200 e. The number of hydrogen-bond acceptors (Lipinski definition) is 2. The van der Waals surface area contributed by atoms with Crippen molar-refractivity contribution in [1.82, 2.24) is 0 Å². The van der Waals surface area contributed by atoms with Crippen LogP contribution in [0, 0.1) is 11.8 Å². The van der Waals surface area contributed by atoms with Crippen LogP contribution in [0.2, 0.25) is 0 Å². The SMILES string of the molecule is CC1C(C)C(C)(CP(C)(=O)O)OC1(C)C. The summed E-state index contributed by atoms with van der Waals surface area (Å²) in [4.78, 5) is 9.49. The fourth-order valence-electron chi connectivity index (χ4n) is 2.68. The van der Waals surface area contributed by atoms with Crippen molar-refractivity contribution in [2.45, 2.75) is 45.8 Å². The molecule has 0 spiro atoms. The van der Waals surface area contributed by atoms with Crippen LogP contribution in [0.3, 0.4) is 0 Å². The van der Waals surface area contributed by atoms with Crippen molar-refractivity contribution in [3.8, 4) is 0 Å². The molecule has 4 heteroatoms. The predicted molar refractivity (Wildman–Crippen MR) is 62.5 cm³/mol. The van der Waals surface area contributed by atoms with E-state index in [1.165, 1.54) is 6.66 Å². The van der Waals surface area contributed by atoms with Crippen molar-refractivity contribution in [1.29, 1.82) is 0 Å². The summed E-state index contributed by atoms with van der Waals surface area (Å²) in [7, 11) is -3.03. The maximum absolute atomic E-state index is 11.5. The molecule has 90 valence electrons. The summed E-state index contributed by atoms with van der Waals surface area (Å²) in [5, 5.41) is 0. The molecule has 1 rings (SSSR count). The van der Waals surface area contributed by atoms with Gasteiger partial charge in [-0.05, 0) is 32.6 Å². The first-order valence-corrected chi connectivity index (χ1v) is 7.77. The van der Waals surface area contributed by atoms with E-state index in [0.29, 0.717) is 11.8 Å². The van der Waals surface area contributed by atoms with Gasteiger partial charge in [0.05, 0.1) is 17.4 Å². The van der Waals surface area contributed by atoms with Gasteiger partial charge in [-0.1, -0.05) is 13.8 Å². The summed E-state index contributed by atoms with van der Waals surface area (Å²) in [5.74, 6) is 0.696. The molecule has 3 nitrogen and oxygen atoms in total. The Morgan fingerprint density at radius 3 is 2.00 bits per heavy atom. The molecule has 1 N–H and O–H groups in total. The first-order chi connectivity index (χ1) is 6.48. The first-order valence-electron chi connectivity index (χ1n) is 5.47. The molecule has 1 aliphatic rings. The van der Waals surface area contributed by atoms with Crippen molar-refractivity contribution < 1.29 is 14.2 Å². The van der Waals surface area contributed by atoms with Gasteiger partial charge in [0.15, 0.2) is 0 Å². The van der Waals surface area contributed by atoms with Crippen LogP contribution < -0.4 is 0 Å². The Morgan fingerprint density at radius 2 is 1.73 bits per heavy atom. The van der Waals surface area contributed by atoms with Crippen molar-refractivity contribution in [3.63, 3.8) is 0 Å². The summed E-state index contributed by atoms with van der Waals surface area (Å²) in [6.07, 6.45) is 0.245. The number of hydrogen-bond donors (Lipinski definition) is 1. The Balaban J connectivity index is 2.93. The van der Waals surface area contributed by atoms with Gasteiger partial charge in [0.1, 0.15) is 0 Å². The monoisotopic (exact) mass is 234 g/mol. The van der Waals surface area contributed by atoms with E-state index in [9.17, 15) is 9.46 Å². The van der Waals surface area contributed by atoms with Gasteiger partial charge in [-0.25, -0.2) is 0 Å². The summed E-state index contributed by atoms with van der Waals surface area (Å²) in [6.45, 7) is 11.7. The van der Waals surface area contributed by atoms with Crippen LogP contribution in [0.5, 0.6) is 0 Å². The molecule has 1 heterocycles. The average molecular weight is 234 g/mol. The van der Waals surface area contributed by atoms with E-state index < -0.39 is 13.0 Å². The lowest BCUT2D eigenvalue weighted by Gasteiger charge is -2.31. The second-order valence-corrected chi connectivity index (χ2v) is 8.22. The molecule has 0 amide bonds. The van der Waals surface area contributed by atoms with Crippen LogP contribution >= 0.6 is 7.37 Å². The predicted octanol–water partition coefficient (Wildman–Crippen LogP) is 2.73. The van der Waals surface area contributed by atoms with Crippen LogP contribution in [0.15, 0.2) is 0 Å². The fraction of sp³-hybridized carbons (Fsp3) is 1.00. The lowest BCUT2D eigenvalue weighted by atomic mass is 9.80. The Bertz CT molecular complexity index is 294. The molecule has 0 aromatic carbocycles. The van der Waals surface area contributed by atoms with Gasteiger partial charge in [0, 0.05) is 6.66 Å². The Morgan fingerprint density at radius 1 is 1.27 bits per heavy atom. The molecule has 1 aliphatic heterocycles. The van der Waals surface area contributed by atoms with Gasteiger partial charge < -0.3 is 9.63 Å². The second-order valence-electron chi connectivity index (χ2n) is 5.80. The highest BCUT2D eigenvalue weighted by Crippen LogP contribution is 2.52. The van der Waals surface area contributed by atoms with Crippen molar-refractivity contribution >= 4 is 7.37 Å². The Hall–Kier alpha value is 0.150. The molecule has 15 heavy (non-hydrogen) atoms. The Labute approximate surface area is 92.7 Å². The van der Waals surface area contributed by atoms with E-state index in [1.54, 1.807) is 0 Å². The van der Waals surface area contributed by atoms with E-state index in [2.05, 4.69) is 27.7 Å². The second kappa shape index (κ2) is 3.58. The van der Waals surface area contributed by atoms with Crippen molar-refractivity contribution in [2.24, 2.45) is 11.8 Å². The summed E-state index contributed by atoms with van der Waals surface area (Å²) in [5.41, 5.74) is -0.675. The topological polar surface area (TPSA) is 46.5 Å². The van der Waals surface area contributed by atoms with E-state index in [-0.39, 0.29) is 11.8 Å². The molecule has 0 radical (unpaired) electrons. The first kappa shape index (κ1) is 13.2. The quantitative estimate of drug-likeness (QED) is 0.747. The average Bonchev–Trinajstić information content (AvgIpc) is 2.07. The van der Waals surface area contributed by atoms with Crippen molar-refractivity contribution in [2.75, 3.05) is 12.8 Å². The molecule has 0 bridgehead atoms. The zero-order valence-corrected chi connectivity index (χ0v) is 11.5. The molecular formula is C11H23O3P. The Kier molecular flexibility index (Phi) is 3.15. The lowest BCUT2D eigenvalue weighted by Crippen LogP contribution is -2.36. The molecule has 0 aliphatic carbocycles. The molecule has 0 saturated carbocycles. The summed E-state index contributed by atoms with van der Waals surface area (Å²) >= 11 is 0.